The Bertz CT molecular complexity index is 883. The van der Waals surface area contributed by atoms with Crippen molar-refractivity contribution in [1.82, 2.24) is 14.5 Å². The second kappa shape index (κ2) is 7.06. The zero-order valence-electron chi connectivity index (χ0n) is 14.6. The van der Waals surface area contributed by atoms with Gasteiger partial charge in [0.05, 0.1) is 10.6 Å². The maximum Gasteiger partial charge on any atom is 0.266 e. The maximum absolute atomic E-state index is 12.4. The van der Waals surface area contributed by atoms with Crippen LogP contribution < -0.4 is 10.1 Å². The third-order valence-electron chi connectivity index (χ3n) is 3.75. The van der Waals surface area contributed by atoms with E-state index >= 15 is 0 Å². The van der Waals surface area contributed by atoms with E-state index < -0.39 is 6.10 Å². The quantitative estimate of drug-likeness (QED) is 0.759. The van der Waals surface area contributed by atoms with Crippen LogP contribution in [0.3, 0.4) is 0 Å². The van der Waals surface area contributed by atoms with Gasteiger partial charge in [-0.05, 0) is 32.9 Å². The lowest BCUT2D eigenvalue weighted by Crippen LogP contribution is -2.30. The molecular weight excluding hydrogens is 336 g/mol. The molecule has 25 heavy (non-hydrogen) atoms. The fourth-order valence-corrected chi connectivity index (χ4v) is 3.33. The number of amides is 1. The number of nitrogens with zero attached hydrogens (tertiary/aromatic N) is 3. The Labute approximate surface area is 150 Å². The molecule has 0 aliphatic carbocycles. The summed E-state index contributed by atoms with van der Waals surface area (Å²) >= 11 is 1.40. The number of hydrogen-bond donors (Lipinski definition) is 1. The first-order chi connectivity index (χ1) is 11.9. The summed E-state index contributed by atoms with van der Waals surface area (Å²) in [4.78, 5) is 22.1. The molecule has 0 bridgehead atoms. The van der Waals surface area contributed by atoms with Crippen LogP contribution in [0.5, 0.6) is 5.75 Å². The van der Waals surface area contributed by atoms with Crippen molar-refractivity contribution in [3.8, 4) is 16.5 Å². The van der Waals surface area contributed by atoms with Crippen LogP contribution in [0.2, 0.25) is 0 Å². The number of ether oxygens (including phenoxy) is 1. The van der Waals surface area contributed by atoms with Crippen molar-refractivity contribution < 1.29 is 9.53 Å². The van der Waals surface area contributed by atoms with Crippen LogP contribution in [-0.2, 0) is 11.8 Å². The lowest BCUT2D eigenvalue weighted by atomic mass is 10.2. The van der Waals surface area contributed by atoms with Gasteiger partial charge in [-0.25, -0.2) is 9.97 Å². The van der Waals surface area contributed by atoms with Crippen LogP contribution >= 0.6 is 11.3 Å². The van der Waals surface area contributed by atoms with Gasteiger partial charge in [0.25, 0.3) is 5.91 Å². The Morgan fingerprint density at radius 1 is 1.28 bits per heavy atom. The van der Waals surface area contributed by atoms with E-state index in [1.54, 1.807) is 13.1 Å². The van der Waals surface area contributed by atoms with Gasteiger partial charge in [-0.3, -0.25) is 10.1 Å². The van der Waals surface area contributed by atoms with E-state index in [0.717, 1.165) is 22.0 Å². The van der Waals surface area contributed by atoms with Crippen molar-refractivity contribution in [2.24, 2.45) is 7.05 Å². The molecule has 0 spiro atoms. The molecule has 1 unspecified atom stereocenters. The normalized spacial score (nSPS) is 12.0. The van der Waals surface area contributed by atoms with E-state index in [2.05, 4.69) is 15.3 Å². The monoisotopic (exact) mass is 356 g/mol. The Kier molecular flexibility index (Phi) is 4.85. The predicted octanol–water partition coefficient (Wildman–Crippen LogP) is 3.57. The molecule has 2 heterocycles. The number of rotatable bonds is 5. The molecule has 1 N–H and O–H groups in total. The summed E-state index contributed by atoms with van der Waals surface area (Å²) in [5.74, 6) is 1.26. The molecule has 1 aromatic carbocycles. The average molecular weight is 356 g/mol. The Hall–Kier alpha value is -2.67. The van der Waals surface area contributed by atoms with E-state index in [4.69, 9.17) is 4.74 Å². The topological polar surface area (TPSA) is 69.0 Å². The molecule has 3 aromatic rings. The first-order valence-electron chi connectivity index (χ1n) is 7.93. The zero-order chi connectivity index (χ0) is 18.0. The number of carbonyl (C=O) groups excluding carboxylic acids is 1. The molecule has 0 saturated carbocycles. The van der Waals surface area contributed by atoms with Crippen LogP contribution in [0.25, 0.3) is 10.7 Å². The lowest BCUT2D eigenvalue weighted by molar-refractivity contribution is -0.122. The largest absolute Gasteiger partial charge is 0.481 e. The van der Waals surface area contributed by atoms with Crippen LogP contribution in [0.4, 0.5) is 5.13 Å². The summed E-state index contributed by atoms with van der Waals surface area (Å²) in [6.45, 7) is 5.63. The number of nitrogens with one attached hydrogen (secondary N) is 1. The molecule has 0 fully saturated rings. The molecule has 1 amide bonds. The number of hydrogen-bond acceptors (Lipinski definition) is 5. The second-order valence-electron chi connectivity index (χ2n) is 5.86. The minimum Gasteiger partial charge on any atom is -0.481 e. The number of anilines is 1. The molecule has 1 atom stereocenters. The van der Waals surface area contributed by atoms with Crippen molar-refractivity contribution in [3.05, 3.63) is 47.9 Å². The summed E-state index contributed by atoms with van der Waals surface area (Å²) in [5.41, 5.74) is 1.98. The highest BCUT2D eigenvalue weighted by molar-refractivity contribution is 7.19. The van der Waals surface area contributed by atoms with E-state index in [1.165, 1.54) is 11.3 Å². The summed E-state index contributed by atoms with van der Waals surface area (Å²) in [7, 11) is 1.93. The van der Waals surface area contributed by atoms with E-state index in [9.17, 15) is 4.79 Å². The number of carbonyl (C=O) groups is 1. The molecule has 0 aliphatic heterocycles. The van der Waals surface area contributed by atoms with Crippen molar-refractivity contribution in [3.63, 3.8) is 0 Å². The number of thiazole rings is 1. The highest BCUT2D eigenvalue weighted by Gasteiger charge is 2.19. The van der Waals surface area contributed by atoms with Gasteiger partial charge in [-0.2, -0.15) is 0 Å². The first-order valence-corrected chi connectivity index (χ1v) is 8.75. The second-order valence-corrected chi connectivity index (χ2v) is 6.86. The van der Waals surface area contributed by atoms with Crippen molar-refractivity contribution in [2.45, 2.75) is 26.9 Å². The highest BCUT2D eigenvalue weighted by Crippen LogP contribution is 2.31. The minimum atomic E-state index is -0.622. The van der Waals surface area contributed by atoms with Crippen LogP contribution in [0.1, 0.15) is 18.2 Å². The van der Waals surface area contributed by atoms with Crippen molar-refractivity contribution in [1.29, 1.82) is 0 Å². The zero-order valence-corrected chi connectivity index (χ0v) is 15.4. The Balaban J connectivity index is 1.68. The van der Waals surface area contributed by atoms with Gasteiger partial charge in [-0.1, -0.05) is 29.0 Å². The first kappa shape index (κ1) is 17.2. The van der Waals surface area contributed by atoms with Gasteiger partial charge >= 0.3 is 0 Å². The SMILES string of the molecule is Cc1ccc(OC(C)C(=O)Nc2nc(C)c(-c3nccn3C)s2)cc1. The predicted molar refractivity (Wildman–Crippen MR) is 99.0 cm³/mol. The molecule has 2 aromatic heterocycles. The highest BCUT2D eigenvalue weighted by atomic mass is 32.1. The van der Waals surface area contributed by atoms with Crippen LogP contribution in [0.15, 0.2) is 36.7 Å². The molecule has 0 radical (unpaired) electrons. The standard InChI is InChI=1S/C18H20N4O2S/c1-11-5-7-14(8-6-11)24-13(3)17(23)21-18-20-12(2)15(25-18)16-19-9-10-22(16)4/h5-10,13H,1-4H3,(H,20,21,23). The minimum absolute atomic E-state index is 0.235. The Morgan fingerprint density at radius 3 is 2.64 bits per heavy atom. The number of aryl methyl sites for hydroxylation is 3. The van der Waals surface area contributed by atoms with Gasteiger partial charge in [0.1, 0.15) is 5.75 Å². The van der Waals surface area contributed by atoms with E-state index in [0.29, 0.717) is 10.9 Å². The summed E-state index contributed by atoms with van der Waals surface area (Å²) in [5, 5.41) is 3.36. The van der Waals surface area contributed by atoms with Gasteiger partial charge in [0.2, 0.25) is 0 Å². The van der Waals surface area contributed by atoms with E-state index in [1.807, 2.05) is 55.9 Å². The number of benzene rings is 1. The molecule has 130 valence electrons. The Morgan fingerprint density at radius 2 is 2.00 bits per heavy atom. The molecule has 7 heteroatoms. The van der Waals surface area contributed by atoms with Crippen LogP contribution in [-0.4, -0.2) is 26.5 Å². The summed E-state index contributed by atoms with van der Waals surface area (Å²) < 4.78 is 7.61. The van der Waals surface area contributed by atoms with E-state index in [-0.39, 0.29) is 5.91 Å². The molecule has 3 rings (SSSR count). The third kappa shape index (κ3) is 3.88. The molecular formula is C18H20N4O2S. The maximum atomic E-state index is 12.4. The smallest absolute Gasteiger partial charge is 0.266 e. The molecule has 6 nitrogen and oxygen atoms in total. The van der Waals surface area contributed by atoms with Crippen LogP contribution in [0, 0.1) is 13.8 Å². The summed E-state index contributed by atoms with van der Waals surface area (Å²) in [6, 6.07) is 7.60. The summed E-state index contributed by atoms with van der Waals surface area (Å²) in [6.07, 6.45) is 3.00. The number of aromatic nitrogens is 3. The molecule has 0 aliphatic rings. The van der Waals surface area contributed by atoms with Gasteiger partial charge in [0.15, 0.2) is 17.1 Å². The van der Waals surface area contributed by atoms with Crippen molar-refractivity contribution in [2.75, 3.05) is 5.32 Å². The number of imidazole rings is 1. The fraction of sp³-hybridized carbons (Fsp3) is 0.278. The van der Waals surface area contributed by atoms with Gasteiger partial charge < -0.3 is 9.30 Å². The van der Waals surface area contributed by atoms with Gasteiger partial charge in [-0.15, -0.1) is 0 Å². The lowest BCUT2D eigenvalue weighted by Gasteiger charge is -2.13. The third-order valence-corrected chi connectivity index (χ3v) is 4.82. The van der Waals surface area contributed by atoms with Crippen molar-refractivity contribution >= 4 is 22.4 Å². The fourth-order valence-electron chi connectivity index (χ4n) is 2.32. The van der Waals surface area contributed by atoms with Gasteiger partial charge in [0, 0.05) is 19.4 Å². The average Bonchev–Trinajstić information content (AvgIpc) is 3.14. The molecule has 0 saturated heterocycles.